The first-order valence-electron chi connectivity index (χ1n) is 10.2. The van der Waals surface area contributed by atoms with Gasteiger partial charge in [0.05, 0.1) is 26.1 Å². The fourth-order valence-corrected chi connectivity index (χ4v) is 5.39. The van der Waals surface area contributed by atoms with Gasteiger partial charge < -0.3 is 5.32 Å². The van der Waals surface area contributed by atoms with Crippen molar-refractivity contribution in [3.8, 4) is 0 Å². The van der Waals surface area contributed by atoms with Gasteiger partial charge in [0, 0.05) is 29.5 Å². The van der Waals surface area contributed by atoms with E-state index in [1.165, 1.54) is 16.4 Å². The van der Waals surface area contributed by atoms with Crippen LogP contribution in [0.25, 0.3) is 10.9 Å². The SMILES string of the molecule is Cc1ccc(S(=O)(=O)n2cc(C(C)C)c3ccc(C(=O)Nc4c(Cl)cncc4Cl)cc32)cc1. The summed E-state index contributed by atoms with van der Waals surface area (Å²) in [6.45, 7) is 5.88. The van der Waals surface area contributed by atoms with Crippen LogP contribution in [0.5, 0.6) is 0 Å². The highest BCUT2D eigenvalue weighted by atomic mass is 35.5. The maximum Gasteiger partial charge on any atom is 0.268 e. The molecule has 1 N–H and O–H groups in total. The third-order valence-corrected chi connectivity index (χ3v) is 7.62. The number of aryl methyl sites for hydroxylation is 1. The quantitative estimate of drug-likeness (QED) is 0.349. The van der Waals surface area contributed by atoms with E-state index in [0.29, 0.717) is 5.52 Å². The largest absolute Gasteiger partial charge is 0.319 e. The number of rotatable bonds is 5. The Morgan fingerprint density at radius 2 is 1.67 bits per heavy atom. The second kappa shape index (κ2) is 8.82. The average Bonchev–Trinajstić information content (AvgIpc) is 3.16. The summed E-state index contributed by atoms with van der Waals surface area (Å²) in [4.78, 5) is 17.0. The van der Waals surface area contributed by atoms with E-state index >= 15 is 0 Å². The molecule has 2 aromatic carbocycles. The molecule has 0 aliphatic rings. The van der Waals surface area contributed by atoms with E-state index in [1.54, 1.807) is 48.7 Å². The minimum atomic E-state index is -3.88. The van der Waals surface area contributed by atoms with Crippen molar-refractivity contribution in [2.75, 3.05) is 5.32 Å². The molecule has 0 spiro atoms. The van der Waals surface area contributed by atoms with E-state index < -0.39 is 15.9 Å². The number of amides is 1. The van der Waals surface area contributed by atoms with E-state index in [-0.39, 0.29) is 32.1 Å². The van der Waals surface area contributed by atoms with Crippen LogP contribution < -0.4 is 5.32 Å². The van der Waals surface area contributed by atoms with E-state index in [0.717, 1.165) is 16.5 Å². The van der Waals surface area contributed by atoms with Crippen LogP contribution in [0.1, 0.15) is 41.3 Å². The normalized spacial score (nSPS) is 11.8. The molecule has 9 heteroatoms. The van der Waals surface area contributed by atoms with Crippen molar-refractivity contribution in [1.29, 1.82) is 0 Å². The van der Waals surface area contributed by atoms with Gasteiger partial charge >= 0.3 is 0 Å². The lowest BCUT2D eigenvalue weighted by Crippen LogP contribution is -2.14. The highest BCUT2D eigenvalue weighted by Crippen LogP contribution is 2.33. The molecule has 0 fully saturated rings. The first-order chi connectivity index (χ1) is 15.6. The Morgan fingerprint density at radius 1 is 1.03 bits per heavy atom. The Labute approximate surface area is 202 Å². The number of fused-ring (bicyclic) bond motifs is 1. The van der Waals surface area contributed by atoms with Gasteiger partial charge in [-0.25, -0.2) is 12.4 Å². The van der Waals surface area contributed by atoms with Gasteiger partial charge in [0.15, 0.2) is 0 Å². The molecule has 0 aliphatic heterocycles. The topological polar surface area (TPSA) is 81.1 Å². The van der Waals surface area contributed by atoms with Gasteiger partial charge in [0.1, 0.15) is 0 Å². The number of nitrogens with one attached hydrogen (secondary N) is 1. The molecule has 1 amide bonds. The van der Waals surface area contributed by atoms with Crippen molar-refractivity contribution in [2.45, 2.75) is 31.6 Å². The van der Waals surface area contributed by atoms with Crippen molar-refractivity contribution in [1.82, 2.24) is 8.96 Å². The van der Waals surface area contributed by atoms with Crippen LogP contribution in [0.3, 0.4) is 0 Å². The van der Waals surface area contributed by atoms with Crippen LogP contribution in [0.15, 0.2) is 66.0 Å². The Bertz CT molecular complexity index is 1460. The molecule has 0 saturated carbocycles. The number of carbonyl (C=O) groups is 1. The number of hydrogen-bond donors (Lipinski definition) is 1. The average molecular weight is 502 g/mol. The predicted octanol–water partition coefficient (Wildman–Crippen LogP) is 6.26. The van der Waals surface area contributed by atoms with Crippen LogP contribution >= 0.6 is 23.2 Å². The van der Waals surface area contributed by atoms with Gasteiger partial charge in [-0.15, -0.1) is 0 Å². The Balaban J connectivity index is 1.84. The molecule has 0 aliphatic carbocycles. The molecule has 2 aromatic heterocycles. The lowest BCUT2D eigenvalue weighted by atomic mass is 10.0. The number of pyridine rings is 1. The Morgan fingerprint density at radius 3 is 2.27 bits per heavy atom. The van der Waals surface area contributed by atoms with E-state index in [2.05, 4.69) is 10.3 Å². The third kappa shape index (κ3) is 4.36. The molecule has 4 aromatic rings. The zero-order valence-corrected chi connectivity index (χ0v) is 20.5. The zero-order valence-electron chi connectivity index (χ0n) is 18.1. The van der Waals surface area contributed by atoms with Gasteiger partial charge in [-0.2, -0.15) is 0 Å². The molecule has 0 bridgehead atoms. The minimum absolute atomic E-state index is 0.0797. The highest BCUT2D eigenvalue weighted by Gasteiger charge is 2.23. The molecule has 33 heavy (non-hydrogen) atoms. The van der Waals surface area contributed by atoms with E-state index in [1.807, 2.05) is 20.8 Å². The van der Waals surface area contributed by atoms with Crippen LogP contribution in [-0.2, 0) is 10.0 Å². The summed E-state index contributed by atoms with van der Waals surface area (Å²) in [6, 6.07) is 11.6. The van der Waals surface area contributed by atoms with Crippen LogP contribution in [0, 0.1) is 6.92 Å². The predicted molar refractivity (Wildman–Crippen MR) is 132 cm³/mol. The van der Waals surface area contributed by atoms with Crippen molar-refractivity contribution in [3.63, 3.8) is 0 Å². The number of carbonyl (C=O) groups excluding carboxylic acids is 1. The molecule has 0 unspecified atom stereocenters. The van der Waals surface area contributed by atoms with Crippen molar-refractivity contribution >= 4 is 55.7 Å². The lowest BCUT2D eigenvalue weighted by molar-refractivity contribution is 0.102. The fourth-order valence-electron chi connectivity index (χ4n) is 3.56. The molecule has 2 heterocycles. The van der Waals surface area contributed by atoms with E-state index in [9.17, 15) is 13.2 Å². The van der Waals surface area contributed by atoms with Gasteiger partial charge in [-0.1, -0.05) is 60.8 Å². The zero-order chi connectivity index (χ0) is 23.9. The first kappa shape index (κ1) is 23.3. The van der Waals surface area contributed by atoms with Crippen molar-refractivity contribution in [3.05, 3.63) is 87.8 Å². The molecule has 6 nitrogen and oxygen atoms in total. The number of benzene rings is 2. The summed E-state index contributed by atoms with van der Waals surface area (Å²) in [7, 11) is -3.88. The van der Waals surface area contributed by atoms with Gasteiger partial charge in [0.25, 0.3) is 15.9 Å². The van der Waals surface area contributed by atoms with Crippen molar-refractivity contribution in [2.24, 2.45) is 0 Å². The smallest absolute Gasteiger partial charge is 0.268 e. The molecule has 0 radical (unpaired) electrons. The second-order valence-corrected chi connectivity index (χ2v) is 10.6. The molecule has 0 atom stereocenters. The summed E-state index contributed by atoms with van der Waals surface area (Å²) in [5.74, 6) is -0.394. The standard InChI is InChI=1S/C24H21Cl2N3O3S/c1-14(2)19-13-29(33(31,32)17-7-4-15(3)5-8-17)22-10-16(6-9-18(19)22)24(30)28-23-20(25)11-27-12-21(23)26/h4-14H,1-3H3,(H,27,28,30). The highest BCUT2D eigenvalue weighted by molar-refractivity contribution is 7.90. The number of aromatic nitrogens is 2. The minimum Gasteiger partial charge on any atom is -0.319 e. The number of hydrogen-bond acceptors (Lipinski definition) is 4. The lowest BCUT2D eigenvalue weighted by Gasteiger charge is -2.11. The van der Waals surface area contributed by atoms with Gasteiger partial charge in [-0.05, 0) is 42.7 Å². The summed E-state index contributed by atoms with van der Waals surface area (Å²) in [6.07, 6.45) is 4.38. The number of anilines is 1. The molecular weight excluding hydrogens is 481 g/mol. The Hall–Kier alpha value is -2.87. The number of nitrogens with zero attached hydrogens (tertiary/aromatic N) is 2. The summed E-state index contributed by atoms with van der Waals surface area (Å²) >= 11 is 12.2. The third-order valence-electron chi connectivity index (χ3n) is 5.36. The molecular formula is C24H21Cl2N3O3S. The molecule has 0 saturated heterocycles. The first-order valence-corrected chi connectivity index (χ1v) is 12.4. The van der Waals surface area contributed by atoms with Gasteiger partial charge in [0.2, 0.25) is 0 Å². The fraction of sp³-hybridized carbons (Fsp3) is 0.167. The monoisotopic (exact) mass is 501 g/mol. The van der Waals surface area contributed by atoms with Crippen LogP contribution in [0.2, 0.25) is 10.0 Å². The second-order valence-electron chi connectivity index (χ2n) is 8.02. The maximum absolute atomic E-state index is 13.5. The van der Waals surface area contributed by atoms with E-state index in [4.69, 9.17) is 23.2 Å². The van der Waals surface area contributed by atoms with Gasteiger partial charge in [-0.3, -0.25) is 9.78 Å². The molecule has 4 rings (SSSR count). The Kier molecular flexibility index (Phi) is 6.22. The summed E-state index contributed by atoms with van der Waals surface area (Å²) < 4.78 is 28.2. The molecule has 170 valence electrons. The van der Waals surface area contributed by atoms with Crippen LogP contribution in [-0.4, -0.2) is 23.3 Å². The summed E-state index contributed by atoms with van der Waals surface area (Å²) in [5, 5.41) is 3.84. The van der Waals surface area contributed by atoms with Crippen molar-refractivity contribution < 1.29 is 13.2 Å². The summed E-state index contributed by atoms with van der Waals surface area (Å²) in [5.41, 5.74) is 2.75. The maximum atomic E-state index is 13.5. The van der Waals surface area contributed by atoms with Crippen LogP contribution in [0.4, 0.5) is 5.69 Å². The number of halogens is 2.